The Morgan fingerprint density at radius 3 is 2.38 bits per heavy atom. The van der Waals surface area contributed by atoms with Gasteiger partial charge in [-0.1, -0.05) is 42.8 Å². The summed E-state index contributed by atoms with van der Waals surface area (Å²) in [5.74, 6) is 0.821. The number of hydrogen-bond acceptors (Lipinski definition) is 5. The molecule has 1 saturated heterocycles. The number of amides is 1. The first-order chi connectivity index (χ1) is 15.5. The molecule has 9 heteroatoms. The molecule has 170 valence electrons. The zero-order valence-corrected chi connectivity index (χ0v) is 18.5. The third-order valence-corrected chi connectivity index (χ3v) is 7.88. The highest BCUT2D eigenvalue weighted by Gasteiger charge is 2.40. The van der Waals surface area contributed by atoms with E-state index in [1.165, 1.54) is 8.61 Å². The lowest BCUT2D eigenvalue weighted by Crippen LogP contribution is -2.56. The van der Waals surface area contributed by atoms with Crippen LogP contribution < -0.4 is 10.2 Å². The van der Waals surface area contributed by atoms with Crippen molar-refractivity contribution < 1.29 is 23.2 Å². The highest BCUT2D eigenvalue weighted by atomic mass is 32.2. The molecule has 2 aromatic rings. The molecule has 0 bridgehead atoms. The summed E-state index contributed by atoms with van der Waals surface area (Å²) in [5.41, 5.74) is 3.70. The van der Waals surface area contributed by atoms with E-state index in [2.05, 4.69) is 0 Å². The smallest absolute Gasteiger partial charge is 0.283 e. The number of rotatable bonds is 6. The van der Waals surface area contributed by atoms with E-state index in [0.717, 1.165) is 29.1 Å². The van der Waals surface area contributed by atoms with Crippen LogP contribution in [0.2, 0.25) is 0 Å². The number of carbonyl (C=O) groups is 1. The summed E-state index contributed by atoms with van der Waals surface area (Å²) >= 11 is 0. The molecule has 2 aliphatic rings. The minimum Gasteiger partial charge on any atom is -0.457 e. The van der Waals surface area contributed by atoms with Gasteiger partial charge in [-0.05, 0) is 54.7 Å². The standard InChI is InChI=1S/C23H27N3O5S/c27-23(24-28)22-8-4-5-15-26(22)32(29,30)25-16-13-19(14-17-25)18-9-11-21(12-10-18)31-20-6-2-1-3-7-20/h1-3,6-7,9-13,22,28H,4-5,8,14-17H2,(H,24,27)/t22-/m1/s1. The largest absolute Gasteiger partial charge is 0.457 e. The van der Waals surface area contributed by atoms with Crippen molar-refractivity contribution in [3.8, 4) is 11.5 Å². The quantitative estimate of drug-likeness (QED) is 0.513. The summed E-state index contributed by atoms with van der Waals surface area (Å²) in [4.78, 5) is 12.0. The van der Waals surface area contributed by atoms with Crippen LogP contribution >= 0.6 is 0 Å². The van der Waals surface area contributed by atoms with E-state index in [1.807, 2.05) is 60.7 Å². The van der Waals surface area contributed by atoms with Gasteiger partial charge < -0.3 is 4.74 Å². The summed E-state index contributed by atoms with van der Waals surface area (Å²) in [7, 11) is -3.81. The Bertz CT molecular complexity index is 1070. The van der Waals surface area contributed by atoms with Gasteiger partial charge >= 0.3 is 0 Å². The second-order valence-electron chi connectivity index (χ2n) is 7.88. The number of nitrogens with one attached hydrogen (secondary N) is 1. The van der Waals surface area contributed by atoms with E-state index in [9.17, 15) is 13.2 Å². The lowest BCUT2D eigenvalue weighted by molar-refractivity contribution is -0.134. The SMILES string of the molecule is O=C(NO)[C@H]1CCCCN1S(=O)(=O)N1CC=C(c2ccc(Oc3ccccc3)cc2)CC1. The van der Waals surface area contributed by atoms with Gasteiger partial charge in [0, 0.05) is 19.6 Å². The second-order valence-corrected chi connectivity index (χ2v) is 9.76. The van der Waals surface area contributed by atoms with Crippen LogP contribution in [0.25, 0.3) is 5.57 Å². The van der Waals surface area contributed by atoms with E-state index in [1.54, 1.807) is 5.48 Å². The Balaban J connectivity index is 1.43. The molecule has 1 amide bonds. The average molecular weight is 458 g/mol. The first-order valence-electron chi connectivity index (χ1n) is 10.7. The van der Waals surface area contributed by atoms with Crippen molar-refractivity contribution in [3.05, 3.63) is 66.2 Å². The maximum absolute atomic E-state index is 13.2. The molecular formula is C23H27N3O5S. The monoisotopic (exact) mass is 457 g/mol. The van der Waals surface area contributed by atoms with Gasteiger partial charge in [0.05, 0.1) is 0 Å². The van der Waals surface area contributed by atoms with E-state index < -0.39 is 22.2 Å². The summed E-state index contributed by atoms with van der Waals surface area (Å²) in [6.45, 7) is 0.848. The van der Waals surface area contributed by atoms with Crippen LogP contribution in [0.1, 0.15) is 31.2 Å². The number of piperidine rings is 1. The van der Waals surface area contributed by atoms with E-state index >= 15 is 0 Å². The van der Waals surface area contributed by atoms with Crippen LogP contribution in [0.15, 0.2) is 60.7 Å². The molecule has 0 saturated carbocycles. The van der Waals surface area contributed by atoms with Crippen LogP contribution in [0.5, 0.6) is 11.5 Å². The molecule has 1 fully saturated rings. The van der Waals surface area contributed by atoms with Crippen molar-refractivity contribution in [1.82, 2.24) is 14.1 Å². The number of ether oxygens (including phenoxy) is 1. The molecule has 1 atom stereocenters. The van der Waals surface area contributed by atoms with Crippen molar-refractivity contribution >= 4 is 21.7 Å². The summed E-state index contributed by atoms with van der Waals surface area (Å²) < 4.78 is 34.8. The van der Waals surface area contributed by atoms with Crippen molar-refractivity contribution in [2.45, 2.75) is 31.7 Å². The molecular weight excluding hydrogens is 430 g/mol. The minimum absolute atomic E-state index is 0.240. The molecule has 32 heavy (non-hydrogen) atoms. The molecule has 2 N–H and O–H groups in total. The van der Waals surface area contributed by atoms with E-state index in [4.69, 9.17) is 9.94 Å². The van der Waals surface area contributed by atoms with Gasteiger partial charge in [0.25, 0.3) is 16.1 Å². The molecule has 4 rings (SSSR count). The van der Waals surface area contributed by atoms with Gasteiger partial charge in [0.15, 0.2) is 0 Å². The fraction of sp³-hybridized carbons (Fsp3) is 0.348. The predicted molar refractivity (Wildman–Crippen MR) is 120 cm³/mol. The Labute approximate surface area is 188 Å². The molecule has 0 spiro atoms. The number of para-hydroxylation sites is 1. The first kappa shape index (κ1) is 22.5. The summed E-state index contributed by atoms with van der Waals surface area (Å²) in [5, 5.41) is 8.99. The summed E-state index contributed by atoms with van der Waals surface area (Å²) in [6, 6.07) is 16.4. The van der Waals surface area contributed by atoms with Crippen molar-refractivity contribution in [1.29, 1.82) is 0 Å². The lowest BCUT2D eigenvalue weighted by atomic mass is 10.0. The normalized spacial score (nSPS) is 20.4. The Hall–Kier alpha value is -2.72. The maximum Gasteiger partial charge on any atom is 0.283 e. The molecule has 2 heterocycles. The molecule has 2 aromatic carbocycles. The van der Waals surface area contributed by atoms with Crippen molar-refractivity contribution in [3.63, 3.8) is 0 Å². The third-order valence-electron chi connectivity index (χ3n) is 5.87. The van der Waals surface area contributed by atoms with Gasteiger partial charge in [0.1, 0.15) is 17.5 Å². The Morgan fingerprint density at radius 1 is 1.00 bits per heavy atom. The van der Waals surface area contributed by atoms with Gasteiger partial charge in [0.2, 0.25) is 0 Å². The van der Waals surface area contributed by atoms with E-state index in [0.29, 0.717) is 25.8 Å². The molecule has 0 aromatic heterocycles. The van der Waals surface area contributed by atoms with Gasteiger partial charge in [-0.3, -0.25) is 10.0 Å². The number of hydroxylamine groups is 1. The van der Waals surface area contributed by atoms with Crippen LogP contribution in [0.3, 0.4) is 0 Å². The Morgan fingerprint density at radius 2 is 1.72 bits per heavy atom. The highest BCUT2D eigenvalue weighted by Crippen LogP contribution is 2.29. The highest BCUT2D eigenvalue weighted by molar-refractivity contribution is 7.86. The topological polar surface area (TPSA) is 99.2 Å². The summed E-state index contributed by atoms with van der Waals surface area (Å²) in [6.07, 6.45) is 4.33. The average Bonchev–Trinajstić information content (AvgIpc) is 2.85. The first-order valence-corrected chi connectivity index (χ1v) is 12.1. The van der Waals surface area contributed by atoms with Crippen LogP contribution in [-0.4, -0.2) is 53.8 Å². The van der Waals surface area contributed by atoms with Gasteiger partial charge in [-0.15, -0.1) is 0 Å². The predicted octanol–water partition coefficient (Wildman–Crippen LogP) is 3.17. The molecule has 0 radical (unpaired) electrons. The lowest BCUT2D eigenvalue weighted by Gasteiger charge is -2.37. The number of hydrogen-bond donors (Lipinski definition) is 2. The molecule has 8 nitrogen and oxygen atoms in total. The number of nitrogens with zero attached hydrogens (tertiary/aromatic N) is 2. The molecule has 2 aliphatic heterocycles. The van der Waals surface area contributed by atoms with E-state index in [-0.39, 0.29) is 13.1 Å². The third kappa shape index (κ3) is 4.86. The molecule has 0 unspecified atom stereocenters. The van der Waals surface area contributed by atoms with Crippen LogP contribution in [-0.2, 0) is 15.0 Å². The van der Waals surface area contributed by atoms with Crippen molar-refractivity contribution in [2.24, 2.45) is 0 Å². The van der Waals surface area contributed by atoms with Crippen LogP contribution in [0.4, 0.5) is 0 Å². The minimum atomic E-state index is -3.81. The van der Waals surface area contributed by atoms with Crippen LogP contribution in [0, 0.1) is 0 Å². The Kier molecular flexibility index (Phi) is 6.90. The zero-order chi connectivity index (χ0) is 22.6. The van der Waals surface area contributed by atoms with Crippen molar-refractivity contribution in [2.75, 3.05) is 19.6 Å². The number of benzene rings is 2. The maximum atomic E-state index is 13.2. The van der Waals surface area contributed by atoms with Gasteiger partial charge in [-0.25, -0.2) is 5.48 Å². The van der Waals surface area contributed by atoms with Gasteiger partial charge in [-0.2, -0.15) is 17.0 Å². The second kappa shape index (κ2) is 9.83. The fourth-order valence-corrected chi connectivity index (χ4v) is 5.91. The molecule has 0 aliphatic carbocycles. The fourth-order valence-electron chi connectivity index (χ4n) is 4.15. The zero-order valence-electron chi connectivity index (χ0n) is 17.7. The number of carbonyl (C=O) groups excluding carboxylic acids is 1.